The average molecular weight is 929 g/mol. The number of nitrogens with zero attached hydrogens (tertiary/aromatic N) is 2. The van der Waals surface area contributed by atoms with Crippen molar-refractivity contribution < 1.29 is 43.4 Å². The molecule has 6 heteroatoms. The molecule has 0 aliphatic heterocycles. The van der Waals surface area contributed by atoms with Gasteiger partial charge in [0.15, 0.2) is 0 Å². The summed E-state index contributed by atoms with van der Waals surface area (Å²) >= 11 is 0. The van der Waals surface area contributed by atoms with Gasteiger partial charge < -0.3 is 39.7 Å². The van der Waals surface area contributed by atoms with Crippen LogP contribution in [-0.2, 0) is 43.4 Å². The molecule has 0 heterocycles. The molecule has 342 valence electrons. The molecule has 2 radical (unpaired) electrons. The van der Waals surface area contributed by atoms with Gasteiger partial charge in [0.1, 0.15) is 0 Å². The van der Waals surface area contributed by atoms with Crippen LogP contribution in [0.1, 0.15) is 146 Å². The van der Waals surface area contributed by atoms with Crippen molar-refractivity contribution in [3.8, 4) is 0 Å². The molecule has 12 atom stereocenters. The first-order valence-corrected chi connectivity index (χ1v) is 28.7. The minimum absolute atomic E-state index is 0. The Bertz CT molecular complexity index is 1240. The van der Waals surface area contributed by atoms with Gasteiger partial charge in [0.25, 0.3) is 0 Å². The van der Waals surface area contributed by atoms with Gasteiger partial charge in [-0.3, -0.25) is 0 Å². The molecule has 6 rings (SSSR count). The molecule has 0 aromatic heterocycles. The van der Waals surface area contributed by atoms with Crippen LogP contribution in [0.3, 0.4) is 0 Å². The van der Waals surface area contributed by atoms with Gasteiger partial charge in [-0.1, -0.05) is 179 Å². The van der Waals surface area contributed by atoms with E-state index in [9.17, 15) is 0 Å². The van der Waals surface area contributed by atoms with Crippen molar-refractivity contribution in [2.75, 3.05) is 0 Å². The van der Waals surface area contributed by atoms with E-state index in [-0.39, 0.29) is 84.2 Å². The van der Waals surface area contributed by atoms with Gasteiger partial charge in [0, 0.05) is 0 Å². The third-order valence-electron chi connectivity index (χ3n) is 14.4. The maximum Gasteiger partial charge on any atom is 3.00 e. The summed E-state index contributed by atoms with van der Waals surface area (Å²) in [6.45, 7) is 39.8. The van der Waals surface area contributed by atoms with Gasteiger partial charge in [-0.05, 0) is 130 Å². The Morgan fingerprint density at radius 2 is 0.917 bits per heavy atom. The van der Waals surface area contributed by atoms with Crippen molar-refractivity contribution in [3.05, 3.63) is 101 Å². The molecular formula is C54H100N2Si2Ti2. The van der Waals surface area contributed by atoms with Crippen molar-refractivity contribution >= 4 is 16.5 Å². The molecular weight excluding hydrogens is 829 g/mol. The molecule has 6 saturated carbocycles. The Kier molecular flexibility index (Phi) is 33.2. The molecule has 6 aliphatic rings. The summed E-state index contributed by atoms with van der Waals surface area (Å²) < 4.78 is 0. The van der Waals surface area contributed by atoms with Crippen LogP contribution in [0.15, 0.2) is 61.1 Å². The number of allylic oxidation sites excluding steroid dienone is 5. The Morgan fingerprint density at radius 1 is 0.567 bits per heavy atom. The van der Waals surface area contributed by atoms with E-state index in [2.05, 4.69) is 106 Å². The SMILES string of the molecule is C=C=C/C=C/C.C=CC=C=CC.CC1CC2CC3CCCC3CC2C1[Si](C)(C)[N-]C(C)(C)C.CC1CC2CC3CCCC3CC2C1[Si](C)(C)[N-]C(C)(C)C.[CH3-].[CH3-].[CH3-].[CH3-].[Ti+3].[Ti+3]. The predicted octanol–water partition coefficient (Wildman–Crippen LogP) is 18.0. The summed E-state index contributed by atoms with van der Waals surface area (Å²) in [6.07, 6.45) is 29.3. The van der Waals surface area contributed by atoms with Crippen LogP contribution in [0.2, 0.25) is 37.3 Å². The number of hydrogen-bond acceptors (Lipinski definition) is 0. The largest absolute Gasteiger partial charge is 3.00 e. The molecule has 0 amide bonds. The zero-order valence-electron chi connectivity index (χ0n) is 43.2. The second kappa shape index (κ2) is 29.8. The van der Waals surface area contributed by atoms with Crippen LogP contribution in [0, 0.1) is 88.9 Å². The van der Waals surface area contributed by atoms with E-state index in [1.54, 1.807) is 56.8 Å². The van der Waals surface area contributed by atoms with Gasteiger partial charge in [-0.15, -0.1) is 22.5 Å². The maximum atomic E-state index is 5.39. The van der Waals surface area contributed by atoms with Crippen LogP contribution in [-0.4, -0.2) is 27.5 Å². The monoisotopic (exact) mass is 929 g/mol. The number of fused-ring (bicyclic) bond motifs is 4. The summed E-state index contributed by atoms with van der Waals surface area (Å²) in [4.78, 5) is 10.8. The topological polar surface area (TPSA) is 28.2 Å². The standard InChI is InChI=1S/2C19H36NSi.2C6H8.4CH3.2Ti/c2*1-13-10-16-11-14-8-7-9-15(14)12-17(16)18(13)21(5,6)20-19(2,3)4;2*1-3-5-6-4-2;;;;;;/h2*13-18H,7-12H2,1-6H3;4-6H,1H2,2H3;3-5H,1H2,2H3;4*1H3;;/q2*-1;;;4*-1;2*+3/b;;6-4+;;;;;;;. The van der Waals surface area contributed by atoms with Gasteiger partial charge in [-0.25, -0.2) is 0 Å². The summed E-state index contributed by atoms with van der Waals surface area (Å²) in [7, 11) is -2.99. The first-order chi connectivity index (χ1) is 25.2. The summed E-state index contributed by atoms with van der Waals surface area (Å²) in [5, 5.41) is 0. The Balaban J connectivity index is -0.000000382. The van der Waals surface area contributed by atoms with E-state index in [4.69, 9.17) is 9.96 Å². The fourth-order valence-corrected chi connectivity index (χ4v) is 23.6. The van der Waals surface area contributed by atoms with Crippen LogP contribution in [0.4, 0.5) is 0 Å². The second-order valence-corrected chi connectivity index (χ2v) is 30.2. The minimum atomic E-state index is -1.50. The predicted molar refractivity (Wildman–Crippen MR) is 273 cm³/mol. The average Bonchev–Trinajstić information content (AvgIpc) is 3.83. The van der Waals surface area contributed by atoms with E-state index in [0.29, 0.717) is 0 Å². The zero-order chi connectivity index (χ0) is 40.5. The van der Waals surface area contributed by atoms with Crippen molar-refractivity contribution in [1.82, 2.24) is 0 Å². The number of rotatable bonds is 6. The molecule has 0 bridgehead atoms. The molecule has 0 saturated heterocycles. The van der Waals surface area contributed by atoms with E-state index in [1.807, 2.05) is 32.1 Å². The van der Waals surface area contributed by atoms with E-state index in [0.717, 1.165) is 70.3 Å². The van der Waals surface area contributed by atoms with Crippen LogP contribution in [0.5, 0.6) is 0 Å². The molecule has 0 N–H and O–H groups in total. The Labute approximate surface area is 411 Å². The zero-order valence-corrected chi connectivity index (χ0v) is 48.3. The maximum absolute atomic E-state index is 5.39. The second-order valence-electron chi connectivity index (χ2n) is 21.8. The molecule has 0 aromatic carbocycles. The minimum Gasteiger partial charge on any atom is -0.660 e. The van der Waals surface area contributed by atoms with Crippen molar-refractivity contribution in [2.24, 2.45) is 59.2 Å². The molecule has 6 fully saturated rings. The van der Waals surface area contributed by atoms with E-state index in [1.165, 1.54) is 38.5 Å². The summed E-state index contributed by atoms with van der Waals surface area (Å²) in [5.41, 5.74) is 7.63. The van der Waals surface area contributed by atoms with Crippen LogP contribution < -0.4 is 0 Å². The van der Waals surface area contributed by atoms with Crippen molar-refractivity contribution in [2.45, 2.75) is 195 Å². The molecule has 12 unspecified atom stereocenters. The quantitative estimate of drug-likeness (QED) is 0.110. The molecule has 0 aromatic rings. The van der Waals surface area contributed by atoms with E-state index < -0.39 is 16.5 Å². The fourth-order valence-electron chi connectivity index (χ4n) is 13.8. The molecule has 0 spiro atoms. The van der Waals surface area contributed by atoms with Gasteiger partial charge in [0.05, 0.1) is 0 Å². The number of hydrogen-bond donors (Lipinski definition) is 0. The van der Waals surface area contributed by atoms with Gasteiger partial charge in [-0.2, -0.15) is 0 Å². The fraction of sp³-hybridized carbons (Fsp3) is 0.741. The first-order valence-electron chi connectivity index (χ1n) is 22.6. The molecule has 60 heavy (non-hydrogen) atoms. The summed E-state index contributed by atoms with van der Waals surface area (Å²) in [6, 6.07) is 0. The van der Waals surface area contributed by atoms with Crippen LogP contribution in [0.25, 0.3) is 9.96 Å². The Morgan fingerprint density at radius 3 is 1.17 bits per heavy atom. The normalized spacial score (nSPS) is 32.0. The van der Waals surface area contributed by atoms with Crippen molar-refractivity contribution in [3.63, 3.8) is 0 Å². The first kappa shape index (κ1) is 66.9. The smallest absolute Gasteiger partial charge is 0.660 e. The third kappa shape index (κ3) is 19.8. The molecule has 2 nitrogen and oxygen atoms in total. The summed E-state index contributed by atoms with van der Waals surface area (Å²) in [5.74, 6) is 10.3. The van der Waals surface area contributed by atoms with Crippen LogP contribution >= 0.6 is 0 Å². The Hall–Kier alpha value is 0.302. The molecule has 6 aliphatic carbocycles. The van der Waals surface area contributed by atoms with Gasteiger partial charge in [0.2, 0.25) is 0 Å². The third-order valence-corrected chi connectivity index (χ3v) is 22.1. The van der Waals surface area contributed by atoms with Crippen molar-refractivity contribution in [1.29, 1.82) is 0 Å². The van der Waals surface area contributed by atoms with E-state index >= 15 is 0 Å². The van der Waals surface area contributed by atoms with Gasteiger partial charge >= 0.3 is 43.4 Å².